The highest BCUT2D eigenvalue weighted by molar-refractivity contribution is 6.20. The molecule has 1 heterocycles. The molecule has 0 saturated heterocycles. The number of aliphatic imine (C=N–C) groups is 1. The Morgan fingerprint density at radius 1 is 1.25 bits per heavy atom. The van der Waals surface area contributed by atoms with Crippen molar-refractivity contribution in [2.75, 3.05) is 0 Å². The number of rotatable bonds is 4. The highest BCUT2D eigenvalue weighted by Gasteiger charge is 2.27. The fourth-order valence-electron chi connectivity index (χ4n) is 1.56. The molecular weight excluding hydrogens is 286 g/mol. The first-order chi connectivity index (χ1) is 9.44. The number of pyridine rings is 1. The molecule has 0 amide bonds. The number of benzene rings is 1. The minimum absolute atomic E-state index is 0.0250. The Bertz CT molecular complexity index is 595. The summed E-state index contributed by atoms with van der Waals surface area (Å²) in [6.07, 6.45) is 3.37. The Kier molecular flexibility index (Phi) is 4.29. The number of hydrogen-bond donors (Lipinski definition) is 0. The van der Waals surface area contributed by atoms with Gasteiger partial charge in [0.1, 0.15) is 5.75 Å². The van der Waals surface area contributed by atoms with E-state index in [4.69, 9.17) is 0 Å². The van der Waals surface area contributed by atoms with Crippen molar-refractivity contribution in [3.05, 3.63) is 54.4 Å². The minimum Gasteiger partial charge on any atom is -0.420 e. The first kappa shape index (κ1) is 14.4. The summed E-state index contributed by atoms with van der Waals surface area (Å²) in [7, 11) is 0. The average Bonchev–Trinajstić information content (AvgIpc) is 2.40. The Morgan fingerprint density at radius 3 is 2.50 bits per heavy atom. The Hall–Kier alpha value is -2.01. The zero-order valence-corrected chi connectivity index (χ0v) is 11.3. The van der Waals surface area contributed by atoms with Gasteiger partial charge in [-0.25, -0.2) is 0 Å². The predicted molar refractivity (Wildman–Crippen MR) is 74.0 cm³/mol. The van der Waals surface area contributed by atoms with E-state index in [0.717, 1.165) is 11.3 Å². The molecule has 1 aromatic carbocycles. The molecule has 0 unspecified atom stereocenters. The van der Waals surface area contributed by atoms with E-state index in [1.807, 2.05) is 19.1 Å². The molecule has 0 saturated carbocycles. The van der Waals surface area contributed by atoms with E-state index in [1.165, 1.54) is 12.1 Å². The van der Waals surface area contributed by atoms with Crippen molar-refractivity contribution >= 4 is 23.0 Å². The smallest absolute Gasteiger partial charge is 0.420 e. The molecular formula is C14H11ClF2N2O. The lowest BCUT2D eigenvalue weighted by Gasteiger charge is -2.10. The first-order valence-electron chi connectivity index (χ1n) is 5.75. The summed E-state index contributed by atoms with van der Waals surface area (Å²) in [5.74, 6) is -0.0250. The van der Waals surface area contributed by atoms with Crippen molar-refractivity contribution in [2.45, 2.75) is 12.5 Å². The van der Waals surface area contributed by atoms with Crippen molar-refractivity contribution in [2.24, 2.45) is 4.99 Å². The zero-order chi connectivity index (χ0) is 14.6. The number of ether oxygens (including phenoxy) is 1. The second-order valence-corrected chi connectivity index (χ2v) is 4.42. The molecule has 0 fully saturated rings. The van der Waals surface area contributed by atoms with Crippen LogP contribution in [0.25, 0.3) is 0 Å². The molecule has 20 heavy (non-hydrogen) atoms. The van der Waals surface area contributed by atoms with Gasteiger partial charge >= 0.3 is 5.57 Å². The third-order valence-corrected chi connectivity index (χ3v) is 2.52. The van der Waals surface area contributed by atoms with E-state index in [2.05, 4.69) is 26.3 Å². The zero-order valence-electron chi connectivity index (χ0n) is 10.6. The number of nitrogens with zero attached hydrogens (tertiary/aromatic N) is 2. The maximum atomic E-state index is 12.4. The number of alkyl halides is 3. The van der Waals surface area contributed by atoms with E-state index < -0.39 is 5.57 Å². The fraction of sp³-hybridized carbons (Fsp3) is 0.143. The summed E-state index contributed by atoms with van der Waals surface area (Å²) >= 11 is 4.68. The third kappa shape index (κ3) is 4.28. The van der Waals surface area contributed by atoms with Gasteiger partial charge in [0.05, 0.1) is 5.69 Å². The van der Waals surface area contributed by atoms with Crippen molar-refractivity contribution < 1.29 is 13.5 Å². The van der Waals surface area contributed by atoms with Crippen LogP contribution in [0.2, 0.25) is 0 Å². The van der Waals surface area contributed by atoms with Gasteiger partial charge in [-0.1, -0.05) is 6.07 Å². The Balaban J connectivity index is 2.15. The fourth-order valence-corrected chi connectivity index (χ4v) is 1.65. The Morgan fingerprint density at radius 2 is 1.95 bits per heavy atom. The van der Waals surface area contributed by atoms with E-state index in [-0.39, 0.29) is 5.75 Å². The van der Waals surface area contributed by atoms with Crippen LogP contribution in [0.1, 0.15) is 12.5 Å². The maximum Gasteiger partial charge on any atom is 0.487 e. The van der Waals surface area contributed by atoms with Crippen LogP contribution in [0.5, 0.6) is 5.75 Å². The van der Waals surface area contributed by atoms with E-state index in [9.17, 15) is 8.78 Å². The normalized spacial score (nSPS) is 12.3. The summed E-state index contributed by atoms with van der Waals surface area (Å²) in [4.78, 5) is 8.37. The molecule has 0 atom stereocenters. The summed E-state index contributed by atoms with van der Waals surface area (Å²) in [6, 6.07) is 9.60. The summed E-state index contributed by atoms with van der Waals surface area (Å²) in [6.45, 7) is 1.84. The molecule has 0 aliphatic heterocycles. The molecule has 1 aromatic heterocycles. The molecule has 0 radical (unpaired) electrons. The number of aromatic nitrogens is 1. The molecule has 2 rings (SSSR count). The lowest BCUT2D eigenvalue weighted by molar-refractivity contribution is -0.0964. The van der Waals surface area contributed by atoms with Crippen LogP contribution in [0.15, 0.2) is 53.8 Å². The summed E-state index contributed by atoms with van der Waals surface area (Å²) in [5, 5.41) is 0. The van der Waals surface area contributed by atoms with Crippen molar-refractivity contribution in [3.8, 4) is 5.75 Å². The van der Waals surface area contributed by atoms with E-state index >= 15 is 0 Å². The topological polar surface area (TPSA) is 34.5 Å². The van der Waals surface area contributed by atoms with Crippen LogP contribution >= 0.6 is 11.6 Å². The molecule has 3 nitrogen and oxygen atoms in total. The minimum atomic E-state index is -3.71. The quantitative estimate of drug-likeness (QED) is 0.619. The Labute approximate surface area is 119 Å². The molecule has 6 heteroatoms. The van der Waals surface area contributed by atoms with Gasteiger partial charge in [0.2, 0.25) is 0 Å². The predicted octanol–water partition coefficient (Wildman–Crippen LogP) is 4.39. The second kappa shape index (κ2) is 5.96. The maximum absolute atomic E-state index is 12.4. The third-order valence-electron chi connectivity index (χ3n) is 2.45. The van der Waals surface area contributed by atoms with Gasteiger partial charge in [0.15, 0.2) is 0 Å². The highest BCUT2D eigenvalue weighted by Crippen LogP contribution is 2.26. The SMILES string of the molecule is CC(=Nc1ccc(OC(F)(F)Cl)cc1)c1cccnc1. The lowest BCUT2D eigenvalue weighted by atomic mass is 10.2. The molecule has 0 N–H and O–H groups in total. The van der Waals surface area contributed by atoms with Gasteiger partial charge in [0, 0.05) is 35.3 Å². The first-order valence-corrected chi connectivity index (χ1v) is 6.13. The van der Waals surface area contributed by atoms with Gasteiger partial charge in [-0.15, -0.1) is 8.78 Å². The molecule has 0 spiro atoms. The van der Waals surface area contributed by atoms with Crippen molar-refractivity contribution in [1.29, 1.82) is 0 Å². The summed E-state index contributed by atoms with van der Waals surface area (Å²) in [5.41, 5.74) is -1.43. The van der Waals surface area contributed by atoms with Crippen LogP contribution in [0.3, 0.4) is 0 Å². The number of halogens is 3. The molecule has 0 aliphatic carbocycles. The molecule has 0 bridgehead atoms. The van der Waals surface area contributed by atoms with Crippen LogP contribution in [-0.2, 0) is 0 Å². The van der Waals surface area contributed by atoms with Crippen molar-refractivity contribution in [3.63, 3.8) is 0 Å². The van der Waals surface area contributed by atoms with Crippen LogP contribution in [0, 0.1) is 0 Å². The standard InChI is InChI=1S/C14H11ClF2N2O/c1-10(11-3-2-8-18-9-11)19-12-4-6-13(7-5-12)20-14(15,16)17/h2-9H,1H3. The average molecular weight is 297 g/mol. The van der Waals surface area contributed by atoms with Crippen LogP contribution in [0.4, 0.5) is 14.5 Å². The van der Waals surface area contributed by atoms with Crippen LogP contribution < -0.4 is 4.74 Å². The monoisotopic (exact) mass is 296 g/mol. The van der Waals surface area contributed by atoms with Crippen molar-refractivity contribution in [1.82, 2.24) is 4.98 Å². The van der Waals surface area contributed by atoms with Gasteiger partial charge < -0.3 is 4.74 Å². The largest absolute Gasteiger partial charge is 0.487 e. The highest BCUT2D eigenvalue weighted by atomic mass is 35.5. The van der Waals surface area contributed by atoms with Gasteiger partial charge in [-0.3, -0.25) is 9.98 Å². The molecule has 2 aromatic rings. The van der Waals surface area contributed by atoms with E-state index in [1.54, 1.807) is 24.5 Å². The van der Waals surface area contributed by atoms with Gasteiger partial charge in [0.25, 0.3) is 0 Å². The van der Waals surface area contributed by atoms with Crippen LogP contribution in [-0.4, -0.2) is 16.3 Å². The molecule has 0 aliphatic rings. The van der Waals surface area contributed by atoms with Gasteiger partial charge in [-0.05, 0) is 37.3 Å². The lowest BCUT2D eigenvalue weighted by Crippen LogP contribution is -2.15. The van der Waals surface area contributed by atoms with E-state index in [0.29, 0.717) is 5.69 Å². The van der Waals surface area contributed by atoms with Gasteiger partial charge in [-0.2, -0.15) is 0 Å². The summed E-state index contributed by atoms with van der Waals surface area (Å²) < 4.78 is 29.1. The molecule has 104 valence electrons. The second-order valence-electron chi connectivity index (χ2n) is 3.98. The number of hydrogen-bond acceptors (Lipinski definition) is 3.